The van der Waals surface area contributed by atoms with Gasteiger partial charge in [0.05, 0.1) is 6.54 Å². The molecule has 2 aromatic heterocycles. The van der Waals surface area contributed by atoms with E-state index in [0.717, 1.165) is 17.0 Å². The summed E-state index contributed by atoms with van der Waals surface area (Å²) >= 11 is 11.3. The Balaban J connectivity index is 2.02. The molecule has 0 spiro atoms. The maximum Gasteiger partial charge on any atom is 0.195 e. The standard InChI is InChI=1S/C14H11ClN4S/c15-12-3-1-2-10(8-12)9-19-13(17-18-14(19)20)11-4-6-16-7-5-11/h1-8H,9H2,(H,18,20). The van der Waals surface area contributed by atoms with Crippen molar-refractivity contribution in [2.24, 2.45) is 0 Å². The van der Waals surface area contributed by atoms with Gasteiger partial charge in [0.25, 0.3) is 0 Å². The van der Waals surface area contributed by atoms with Crippen LogP contribution in [0.5, 0.6) is 0 Å². The number of halogens is 1. The van der Waals surface area contributed by atoms with Crippen molar-refractivity contribution < 1.29 is 0 Å². The number of H-pyrrole nitrogens is 1. The zero-order chi connectivity index (χ0) is 13.9. The third-order valence-corrected chi connectivity index (χ3v) is 3.47. The van der Waals surface area contributed by atoms with Crippen LogP contribution in [0.2, 0.25) is 5.02 Å². The molecule has 3 rings (SSSR count). The third kappa shape index (κ3) is 2.64. The highest BCUT2D eigenvalue weighted by Crippen LogP contribution is 2.18. The first-order valence-electron chi connectivity index (χ1n) is 6.04. The molecule has 0 aliphatic carbocycles. The Morgan fingerprint density at radius 3 is 2.75 bits per heavy atom. The van der Waals surface area contributed by atoms with E-state index in [0.29, 0.717) is 16.3 Å². The van der Waals surface area contributed by atoms with Gasteiger partial charge in [-0.25, -0.2) is 0 Å². The normalized spacial score (nSPS) is 10.7. The Hall–Kier alpha value is -1.98. The quantitative estimate of drug-likeness (QED) is 0.750. The predicted octanol–water partition coefficient (Wildman–Crippen LogP) is 3.70. The van der Waals surface area contributed by atoms with Gasteiger partial charge in [-0.2, -0.15) is 5.10 Å². The molecule has 0 saturated carbocycles. The molecule has 0 bridgehead atoms. The van der Waals surface area contributed by atoms with Gasteiger partial charge in [0.2, 0.25) is 0 Å². The number of hydrogen-bond acceptors (Lipinski definition) is 3. The van der Waals surface area contributed by atoms with Crippen molar-refractivity contribution in [1.29, 1.82) is 0 Å². The monoisotopic (exact) mass is 302 g/mol. The second-order valence-electron chi connectivity index (χ2n) is 4.30. The number of nitrogens with zero attached hydrogens (tertiary/aromatic N) is 3. The van der Waals surface area contributed by atoms with Gasteiger partial charge in [-0.1, -0.05) is 23.7 Å². The van der Waals surface area contributed by atoms with Gasteiger partial charge in [0.1, 0.15) is 0 Å². The summed E-state index contributed by atoms with van der Waals surface area (Å²) in [5, 5.41) is 7.83. The first-order valence-corrected chi connectivity index (χ1v) is 6.83. The van der Waals surface area contributed by atoms with Crippen LogP contribution in [0.1, 0.15) is 5.56 Å². The summed E-state index contributed by atoms with van der Waals surface area (Å²) in [5.74, 6) is 0.789. The van der Waals surface area contributed by atoms with Gasteiger partial charge in [-0.15, -0.1) is 0 Å². The fourth-order valence-corrected chi connectivity index (χ4v) is 2.41. The van der Waals surface area contributed by atoms with Crippen molar-refractivity contribution in [2.75, 3.05) is 0 Å². The van der Waals surface area contributed by atoms with Crippen LogP contribution in [-0.4, -0.2) is 19.7 Å². The topological polar surface area (TPSA) is 46.5 Å². The molecule has 0 saturated heterocycles. The predicted molar refractivity (Wildman–Crippen MR) is 81.2 cm³/mol. The largest absolute Gasteiger partial charge is 0.296 e. The fourth-order valence-electron chi connectivity index (χ4n) is 2.00. The van der Waals surface area contributed by atoms with Gasteiger partial charge in [-0.3, -0.25) is 14.6 Å². The second-order valence-corrected chi connectivity index (χ2v) is 5.13. The van der Waals surface area contributed by atoms with E-state index in [1.165, 1.54) is 0 Å². The average molecular weight is 303 g/mol. The summed E-state index contributed by atoms with van der Waals surface area (Å²) in [4.78, 5) is 4.01. The number of aromatic amines is 1. The molecule has 0 radical (unpaired) electrons. The van der Waals surface area contributed by atoms with Crippen LogP contribution >= 0.6 is 23.8 Å². The maximum atomic E-state index is 6.01. The van der Waals surface area contributed by atoms with Crippen molar-refractivity contribution in [3.63, 3.8) is 0 Å². The van der Waals surface area contributed by atoms with Gasteiger partial charge in [0, 0.05) is 23.0 Å². The van der Waals surface area contributed by atoms with E-state index < -0.39 is 0 Å². The van der Waals surface area contributed by atoms with Crippen LogP contribution < -0.4 is 0 Å². The maximum absolute atomic E-state index is 6.01. The Morgan fingerprint density at radius 2 is 2.00 bits per heavy atom. The minimum absolute atomic E-state index is 0.580. The molecule has 0 unspecified atom stereocenters. The third-order valence-electron chi connectivity index (χ3n) is 2.93. The molecule has 20 heavy (non-hydrogen) atoms. The van der Waals surface area contributed by atoms with Crippen molar-refractivity contribution >= 4 is 23.8 Å². The van der Waals surface area contributed by atoms with Crippen molar-refractivity contribution in [2.45, 2.75) is 6.54 Å². The molecule has 0 atom stereocenters. The first kappa shape index (κ1) is 13.0. The Morgan fingerprint density at radius 1 is 1.20 bits per heavy atom. The van der Waals surface area contributed by atoms with Crippen molar-refractivity contribution in [3.05, 3.63) is 64.1 Å². The summed E-state index contributed by atoms with van der Waals surface area (Å²) in [6, 6.07) is 11.5. The molecule has 100 valence electrons. The lowest BCUT2D eigenvalue weighted by Gasteiger charge is -2.07. The van der Waals surface area contributed by atoms with E-state index >= 15 is 0 Å². The van der Waals surface area contributed by atoms with E-state index in [1.54, 1.807) is 12.4 Å². The summed E-state index contributed by atoms with van der Waals surface area (Å²) in [7, 11) is 0. The Bertz CT molecular complexity index is 779. The molecule has 0 aliphatic rings. The highest BCUT2D eigenvalue weighted by atomic mass is 35.5. The molecule has 2 heterocycles. The highest BCUT2D eigenvalue weighted by molar-refractivity contribution is 7.71. The minimum Gasteiger partial charge on any atom is -0.296 e. The van der Waals surface area contributed by atoms with E-state index in [9.17, 15) is 0 Å². The zero-order valence-corrected chi connectivity index (χ0v) is 12.0. The SMILES string of the molecule is S=c1[nH]nc(-c2ccncc2)n1Cc1cccc(Cl)c1. The molecule has 0 amide bonds. The summed E-state index contributed by atoms with van der Waals surface area (Å²) in [5.41, 5.74) is 2.04. The van der Waals surface area contributed by atoms with Crippen LogP contribution in [0, 0.1) is 4.77 Å². The minimum atomic E-state index is 0.580. The van der Waals surface area contributed by atoms with Crippen LogP contribution in [0.4, 0.5) is 0 Å². The highest BCUT2D eigenvalue weighted by Gasteiger charge is 2.09. The number of aromatic nitrogens is 4. The first-order chi connectivity index (χ1) is 9.74. The number of pyridine rings is 1. The van der Waals surface area contributed by atoms with Crippen LogP contribution in [0.25, 0.3) is 11.4 Å². The van der Waals surface area contributed by atoms with Crippen molar-refractivity contribution in [3.8, 4) is 11.4 Å². The number of nitrogens with one attached hydrogen (secondary N) is 1. The van der Waals surface area contributed by atoms with Gasteiger partial charge in [0.15, 0.2) is 10.6 Å². The second kappa shape index (κ2) is 5.56. The van der Waals surface area contributed by atoms with Gasteiger partial charge < -0.3 is 0 Å². The van der Waals surface area contributed by atoms with Crippen LogP contribution in [0.15, 0.2) is 48.8 Å². The van der Waals surface area contributed by atoms with Gasteiger partial charge in [-0.05, 0) is 42.0 Å². The lowest BCUT2D eigenvalue weighted by atomic mass is 10.2. The lowest BCUT2D eigenvalue weighted by molar-refractivity contribution is 0.790. The van der Waals surface area contributed by atoms with Crippen LogP contribution in [0.3, 0.4) is 0 Å². The Kier molecular flexibility index (Phi) is 3.62. The summed E-state index contributed by atoms with van der Waals surface area (Å²) in [6.07, 6.45) is 3.47. The van der Waals surface area contributed by atoms with E-state index in [2.05, 4.69) is 15.2 Å². The Labute approximate surface area is 126 Å². The molecule has 4 nitrogen and oxygen atoms in total. The fraction of sp³-hybridized carbons (Fsp3) is 0.0714. The summed E-state index contributed by atoms with van der Waals surface area (Å²) in [6.45, 7) is 0.619. The van der Waals surface area contributed by atoms with Crippen molar-refractivity contribution in [1.82, 2.24) is 19.7 Å². The lowest BCUT2D eigenvalue weighted by Crippen LogP contribution is -2.02. The number of benzene rings is 1. The molecular formula is C14H11ClN4S. The molecule has 3 aromatic rings. The molecule has 0 fully saturated rings. The van der Waals surface area contributed by atoms with E-state index in [4.69, 9.17) is 23.8 Å². The molecule has 6 heteroatoms. The number of rotatable bonds is 3. The van der Waals surface area contributed by atoms with E-state index in [-0.39, 0.29) is 0 Å². The molecule has 0 aliphatic heterocycles. The van der Waals surface area contributed by atoms with E-state index in [1.807, 2.05) is 41.0 Å². The zero-order valence-electron chi connectivity index (χ0n) is 10.5. The number of hydrogen-bond donors (Lipinski definition) is 1. The summed E-state index contributed by atoms with van der Waals surface area (Å²) < 4.78 is 2.52. The molecule has 1 aromatic carbocycles. The molecule has 1 N–H and O–H groups in total. The smallest absolute Gasteiger partial charge is 0.195 e. The van der Waals surface area contributed by atoms with Gasteiger partial charge >= 0.3 is 0 Å². The van der Waals surface area contributed by atoms with Crippen LogP contribution in [-0.2, 0) is 6.54 Å². The molecular weight excluding hydrogens is 292 g/mol. The average Bonchev–Trinajstić information content (AvgIpc) is 2.81.